The van der Waals surface area contributed by atoms with Crippen molar-refractivity contribution >= 4 is 58.2 Å². The van der Waals surface area contributed by atoms with Crippen LogP contribution in [0.25, 0.3) is 0 Å². The number of rotatable bonds is 5. The van der Waals surface area contributed by atoms with Gasteiger partial charge < -0.3 is 5.32 Å². The molecule has 4 rings (SSSR count). The van der Waals surface area contributed by atoms with Crippen molar-refractivity contribution in [2.45, 2.75) is 18.6 Å². The van der Waals surface area contributed by atoms with Crippen LogP contribution in [-0.4, -0.2) is 17.1 Å². The van der Waals surface area contributed by atoms with Gasteiger partial charge in [-0.3, -0.25) is 14.5 Å². The van der Waals surface area contributed by atoms with Gasteiger partial charge in [-0.2, -0.15) is 5.26 Å². The first-order chi connectivity index (χ1) is 16.4. The zero-order valence-electron chi connectivity index (χ0n) is 18.1. The van der Waals surface area contributed by atoms with Crippen LogP contribution in [0.1, 0.15) is 11.1 Å². The minimum absolute atomic E-state index is 0.136. The Balaban J connectivity index is 1.73. The predicted octanol–water partition coefficient (Wildman–Crippen LogP) is 6.37. The maximum absolute atomic E-state index is 13.5. The molecule has 1 atom stereocenters. The molecule has 0 aromatic heterocycles. The molecule has 34 heavy (non-hydrogen) atoms. The van der Waals surface area contributed by atoms with Crippen molar-refractivity contribution in [3.63, 3.8) is 0 Å². The van der Waals surface area contributed by atoms with Crippen LogP contribution in [0.4, 0.5) is 11.4 Å². The zero-order chi connectivity index (χ0) is 24.2. The molecular weight excluding hydrogens is 489 g/mol. The summed E-state index contributed by atoms with van der Waals surface area (Å²) in [5, 5.41) is 13.4. The summed E-state index contributed by atoms with van der Waals surface area (Å²) in [5.74, 6) is -0.816. The van der Waals surface area contributed by atoms with Crippen LogP contribution in [0.2, 0.25) is 10.0 Å². The first kappa shape index (κ1) is 23.9. The largest absolute Gasteiger partial charge is 0.321 e. The Hall–Kier alpha value is -3.24. The molecule has 170 valence electrons. The average molecular weight is 508 g/mol. The Kier molecular flexibility index (Phi) is 7.28. The van der Waals surface area contributed by atoms with Gasteiger partial charge in [-0.25, -0.2) is 0 Å². The molecule has 1 heterocycles. The molecule has 1 aliphatic rings. The zero-order valence-corrected chi connectivity index (χ0v) is 20.4. The number of amides is 2. The van der Waals surface area contributed by atoms with Gasteiger partial charge in [0.1, 0.15) is 16.7 Å². The van der Waals surface area contributed by atoms with Crippen LogP contribution in [0.15, 0.2) is 83.4 Å². The van der Waals surface area contributed by atoms with E-state index in [2.05, 4.69) is 5.32 Å². The molecule has 0 bridgehead atoms. The highest BCUT2D eigenvalue weighted by Gasteiger charge is 2.41. The molecular formula is C26H19Cl2N3O2S. The van der Waals surface area contributed by atoms with Gasteiger partial charge in [0, 0.05) is 21.4 Å². The van der Waals surface area contributed by atoms with Crippen LogP contribution >= 0.6 is 35.0 Å². The fourth-order valence-electron chi connectivity index (χ4n) is 3.61. The summed E-state index contributed by atoms with van der Waals surface area (Å²) in [6, 6.07) is 23.3. The first-order valence-electron chi connectivity index (χ1n) is 10.4. The van der Waals surface area contributed by atoms with E-state index >= 15 is 0 Å². The third kappa shape index (κ3) is 5.13. The van der Waals surface area contributed by atoms with Gasteiger partial charge >= 0.3 is 0 Å². The van der Waals surface area contributed by atoms with Gasteiger partial charge in [-0.15, -0.1) is 0 Å². The van der Waals surface area contributed by atoms with Crippen LogP contribution in [0.5, 0.6) is 0 Å². The summed E-state index contributed by atoms with van der Waals surface area (Å²) in [7, 11) is 0. The molecule has 1 N–H and O–H groups in total. The molecule has 1 aliphatic heterocycles. The summed E-state index contributed by atoms with van der Waals surface area (Å²) in [5.41, 5.74) is 2.70. The van der Waals surface area contributed by atoms with Crippen LogP contribution in [0, 0.1) is 18.3 Å². The number of hydrogen-bond donors (Lipinski definition) is 1. The number of thioether (sulfide) groups is 1. The minimum Gasteiger partial charge on any atom is -0.321 e. The van der Waals surface area contributed by atoms with E-state index < -0.39 is 11.2 Å². The molecule has 5 nitrogen and oxygen atoms in total. The van der Waals surface area contributed by atoms with Crippen LogP contribution in [-0.2, 0) is 16.0 Å². The highest BCUT2D eigenvalue weighted by Crippen LogP contribution is 2.42. The standard InChI is InChI=1S/C26H19Cl2N3O2S/c1-16-6-5-7-19(12-16)30-24(32)21(15-29)26-31(20-8-3-2-4-9-20)25(33)23(34-26)14-17-13-18(27)10-11-22(17)28/h2-13,23H,14H2,1H3,(H,30,32)/b26-21-/t23-/m1/s1. The lowest BCUT2D eigenvalue weighted by atomic mass is 10.1. The van der Waals surface area contributed by atoms with E-state index in [1.165, 1.54) is 16.7 Å². The summed E-state index contributed by atoms with van der Waals surface area (Å²) < 4.78 is 0. The monoisotopic (exact) mass is 507 g/mol. The van der Waals surface area contributed by atoms with Gasteiger partial charge in [-0.1, -0.05) is 65.3 Å². The Morgan fingerprint density at radius 2 is 1.85 bits per heavy atom. The quantitative estimate of drug-likeness (QED) is 0.321. The van der Waals surface area contributed by atoms with E-state index in [9.17, 15) is 14.9 Å². The van der Waals surface area contributed by atoms with Crippen molar-refractivity contribution in [1.29, 1.82) is 5.26 Å². The lowest BCUT2D eigenvalue weighted by Crippen LogP contribution is -2.31. The molecule has 1 fully saturated rings. The van der Waals surface area contributed by atoms with Crippen molar-refractivity contribution in [3.05, 3.63) is 105 Å². The fraction of sp³-hybridized carbons (Fsp3) is 0.115. The van der Waals surface area contributed by atoms with E-state index in [-0.39, 0.29) is 16.5 Å². The number of nitrogens with zero attached hydrogens (tertiary/aromatic N) is 2. The van der Waals surface area contributed by atoms with E-state index in [4.69, 9.17) is 23.2 Å². The van der Waals surface area contributed by atoms with E-state index in [1.807, 2.05) is 37.3 Å². The van der Waals surface area contributed by atoms with Crippen LogP contribution in [0.3, 0.4) is 0 Å². The number of aryl methyl sites for hydroxylation is 1. The number of nitriles is 1. The second-order valence-corrected chi connectivity index (χ2v) is 9.71. The molecule has 0 saturated carbocycles. The number of halogens is 2. The number of hydrogen-bond acceptors (Lipinski definition) is 4. The Morgan fingerprint density at radius 3 is 2.56 bits per heavy atom. The van der Waals surface area contributed by atoms with E-state index in [0.717, 1.165) is 11.1 Å². The Labute approximate surface area is 212 Å². The number of benzene rings is 3. The van der Waals surface area contributed by atoms with Crippen molar-refractivity contribution in [1.82, 2.24) is 0 Å². The van der Waals surface area contributed by atoms with E-state index in [1.54, 1.807) is 48.5 Å². The lowest BCUT2D eigenvalue weighted by Gasteiger charge is -2.18. The van der Waals surface area contributed by atoms with Crippen molar-refractivity contribution in [2.24, 2.45) is 0 Å². The maximum Gasteiger partial charge on any atom is 0.269 e. The molecule has 0 unspecified atom stereocenters. The Morgan fingerprint density at radius 1 is 1.09 bits per heavy atom. The molecule has 0 radical (unpaired) electrons. The highest BCUT2D eigenvalue weighted by atomic mass is 35.5. The lowest BCUT2D eigenvalue weighted by molar-refractivity contribution is -0.117. The SMILES string of the molecule is Cc1cccc(NC(=O)/C(C#N)=C2\S[C@H](Cc3cc(Cl)ccc3Cl)C(=O)N2c2ccccc2)c1. The third-order valence-electron chi connectivity index (χ3n) is 5.21. The second kappa shape index (κ2) is 10.4. The molecule has 3 aromatic carbocycles. The average Bonchev–Trinajstić information content (AvgIpc) is 3.13. The van der Waals surface area contributed by atoms with Gasteiger partial charge in [0.05, 0.1) is 5.25 Å². The topological polar surface area (TPSA) is 73.2 Å². The number of nitrogens with one attached hydrogen (secondary N) is 1. The molecule has 2 amide bonds. The van der Waals surface area contributed by atoms with E-state index in [0.29, 0.717) is 27.8 Å². The first-order valence-corrected chi connectivity index (χ1v) is 12.0. The third-order valence-corrected chi connectivity index (χ3v) is 7.08. The number of carbonyl (C=O) groups is 2. The smallest absolute Gasteiger partial charge is 0.269 e. The van der Waals surface area contributed by atoms with Gasteiger partial charge in [0.25, 0.3) is 5.91 Å². The number of para-hydroxylation sites is 1. The maximum atomic E-state index is 13.5. The highest BCUT2D eigenvalue weighted by molar-refractivity contribution is 8.05. The molecule has 0 aliphatic carbocycles. The summed E-state index contributed by atoms with van der Waals surface area (Å²) in [6.07, 6.45) is 0.300. The van der Waals surface area contributed by atoms with Crippen molar-refractivity contribution < 1.29 is 9.59 Å². The summed E-state index contributed by atoms with van der Waals surface area (Å²) in [6.45, 7) is 1.91. The molecule has 8 heteroatoms. The number of anilines is 2. The second-order valence-electron chi connectivity index (χ2n) is 7.67. The normalized spacial score (nSPS) is 16.8. The Bertz CT molecular complexity index is 1340. The summed E-state index contributed by atoms with van der Waals surface area (Å²) in [4.78, 5) is 28.1. The van der Waals surface area contributed by atoms with Crippen molar-refractivity contribution in [2.75, 3.05) is 10.2 Å². The molecule has 3 aromatic rings. The van der Waals surface area contributed by atoms with Crippen molar-refractivity contribution in [3.8, 4) is 6.07 Å². The molecule has 1 saturated heterocycles. The molecule has 0 spiro atoms. The van der Waals surface area contributed by atoms with Gasteiger partial charge in [0.2, 0.25) is 5.91 Å². The number of carbonyl (C=O) groups excluding carboxylic acids is 2. The van der Waals surface area contributed by atoms with Gasteiger partial charge in [0.15, 0.2) is 0 Å². The minimum atomic E-state index is -0.582. The van der Waals surface area contributed by atoms with Gasteiger partial charge in [-0.05, 0) is 66.9 Å². The summed E-state index contributed by atoms with van der Waals surface area (Å²) >= 11 is 13.6. The fourth-order valence-corrected chi connectivity index (χ4v) is 5.30. The predicted molar refractivity (Wildman–Crippen MR) is 138 cm³/mol. The van der Waals surface area contributed by atoms with Crippen LogP contribution < -0.4 is 10.2 Å².